The molecule has 2 aromatic carbocycles. The van der Waals surface area contributed by atoms with Gasteiger partial charge in [-0.25, -0.2) is 17.7 Å². The Morgan fingerprint density at radius 3 is 2.62 bits per heavy atom. The van der Waals surface area contributed by atoms with Crippen LogP contribution in [0.25, 0.3) is 10.2 Å². The molecule has 1 heterocycles. The van der Waals surface area contributed by atoms with Gasteiger partial charge in [0.25, 0.3) is 0 Å². The number of hydrogen-bond acceptors (Lipinski definition) is 6. The maximum Gasteiger partial charge on any atom is 0.242 e. The number of hydrogen-bond donors (Lipinski definition) is 1. The van der Waals surface area contributed by atoms with E-state index in [1.807, 2.05) is 24.3 Å². The summed E-state index contributed by atoms with van der Waals surface area (Å²) in [5.41, 5.74) is 0.654. The van der Waals surface area contributed by atoms with Gasteiger partial charge in [-0.3, -0.25) is 4.79 Å². The van der Waals surface area contributed by atoms with Crippen LogP contribution in [0.3, 0.4) is 0 Å². The van der Waals surface area contributed by atoms with Gasteiger partial charge in [-0.1, -0.05) is 22.9 Å². The number of nitrogens with one attached hydrogen (secondary N) is 1. The number of nitrogens with zero attached hydrogens (tertiary/aromatic N) is 2. The van der Waals surface area contributed by atoms with Crippen LogP contribution in [0.1, 0.15) is 12.8 Å². The van der Waals surface area contributed by atoms with Gasteiger partial charge in [-0.2, -0.15) is 0 Å². The molecule has 0 fully saturated rings. The molecule has 29 heavy (non-hydrogen) atoms. The Balaban J connectivity index is 1.55. The Morgan fingerprint density at radius 2 is 1.93 bits per heavy atom. The van der Waals surface area contributed by atoms with Crippen molar-refractivity contribution in [3.63, 3.8) is 0 Å². The first kappa shape index (κ1) is 22.0. The SMILES string of the molecule is CN(C)S(=O)(=O)c1ccc2nc(NC(=O)CCCSc3ccc(Cl)cc3)sc2c1. The van der Waals surface area contributed by atoms with Crippen molar-refractivity contribution in [3.05, 3.63) is 47.5 Å². The lowest BCUT2D eigenvalue weighted by Gasteiger charge is -2.10. The molecule has 6 nitrogen and oxygen atoms in total. The number of aromatic nitrogens is 1. The maximum atomic E-state index is 12.3. The smallest absolute Gasteiger partial charge is 0.242 e. The number of amides is 1. The van der Waals surface area contributed by atoms with Crippen molar-refractivity contribution in [1.82, 2.24) is 9.29 Å². The van der Waals surface area contributed by atoms with Crippen LogP contribution in [-0.2, 0) is 14.8 Å². The van der Waals surface area contributed by atoms with Crippen LogP contribution in [-0.4, -0.2) is 43.5 Å². The zero-order valence-corrected chi connectivity index (χ0v) is 19.1. The van der Waals surface area contributed by atoms with Crippen LogP contribution >= 0.6 is 34.7 Å². The highest BCUT2D eigenvalue weighted by atomic mass is 35.5. The molecule has 10 heteroatoms. The van der Waals surface area contributed by atoms with Gasteiger partial charge in [-0.05, 0) is 54.6 Å². The van der Waals surface area contributed by atoms with Crippen LogP contribution in [0.4, 0.5) is 5.13 Å². The van der Waals surface area contributed by atoms with Crippen LogP contribution < -0.4 is 5.32 Å². The van der Waals surface area contributed by atoms with E-state index in [2.05, 4.69) is 10.3 Å². The number of thiazole rings is 1. The topological polar surface area (TPSA) is 79.4 Å². The highest BCUT2D eigenvalue weighted by molar-refractivity contribution is 7.99. The normalized spacial score (nSPS) is 11.9. The summed E-state index contributed by atoms with van der Waals surface area (Å²) in [6, 6.07) is 12.4. The Labute approximate surface area is 183 Å². The van der Waals surface area contributed by atoms with Crippen molar-refractivity contribution >= 4 is 66.0 Å². The molecular weight excluding hydrogens is 450 g/mol. The van der Waals surface area contributed by atoms with Crippen molar-refractivity contribution < 1.29 is 13.2 Å². The number of carbonyl (C=O) groups is 1. The molecule has 0 saturated carbocycles. The maximum absolute atomic E-state index is 12.3. The van der Waals surface area contributed by atoms with Gasteiger partial charge in [0.15, 0.2) is 5.13 Å². The third-order valence-corrected chi connectivity index (χ3v) is 8.11. The number of carbonyl (C=O) groups excluding carboxylic acids is 1. The number of anilines is 1. The van der Waals surface area contributed by atoms with Gasteiger partial charge in [-0.15, -0.1) is 11.8 Å². The molecule has 0 atom stereocenters. The Kier molecular flexibility index (Phi) is 7.18. The van der Waals surface area contributed by atoms with Crippen molar-refractivity contribution in [1.29, 1.82) is 0 Å². The summed E-state index contributed by atoms with van der Waals surface area (Å²) in [4.78, 5) is 17.9. The zero-order valence-electron chi connectivity index (χ0n) is 15.9. The second-order valence-electron chi connectivity index (χ2n) is 6.39. The Bertz CT molecular complexity index is 1110. The number of sulfonamides is 1. The van der Waals surface area contributed by atoms with E-state index in [1.165, 1.54) is 35.8 Å². The average Bonchev–Trinajstić information content (AvgIpc) is 3.07. The van der Waals surface area contributed by atoms with E-state index >= 15 is 0 Å². The van der Waals surface area contributed by atoms with Gasteiger partial charge in [0.2, 0.25) is 15.9 Å². The first-order chi connectivity index (χ1) is 13.8. The second-order valence-corrected chi connectivity index (χ2v) is 11.2. The molecular formula is C19H20ClN3O3S3. The lowest BCUT2D eigenvalue weighted by atomic mass is 10.3. The largest absolute Gasteiger partial charge is 0.302 e. The van der Waals surface area contributed by atoms with E-state index in [4.69, 9.17) is 11.6 Å². The van der Waals surface area contributed by atoms with Gasteiger partial charge >= 0.3 is 0 Å². The number of benzene rings is 2. The molecule has 0 saturated heterocycles. The van der Waals surface area contributed by atoms with E-state index in [1.54, 1.807) is 23.9 Å². The van der Waals surface area contributed by atoms with Crippen LogP contribution in [0.5, 0.6) is 0 Å². The summed E-state index contributed by atoms with van der Waals surface area (Å²) < 4.78 is 26.4. The van der Waals surface area contributed by atoms with E-state index in [0.29, 0.717) is 26.8 Å². The predicted octanol–water partition coefficient (Wildman–Crippen LogP) is 4.71. The third kappa shape index (κ3) is 5.70. The van der Waals surface area contributed by atoms with E-state index in [0.717, 1.165) is 17.1 Å². The summed E-state index contributed by atoms with van der Waals surface area (Å²) in [6.07, 6.45) is 1.12. The summed E-state index contributed by atoms with van der Waals surface area (Å²) >= 11 is 8.80. The minimum atomic E-state index is -3.51. The summed E-state index contributed by atoms with van der Waals surface area (Å²) in [5, 5.41) is 3.97. The standard InChI is InChI=1S/C19H20ClN3O3S3/c1-23(2)29(25,26)15-9-10-16-17(12-15)28-19(21-16)22-18(24)4-3-11-27-14-7-5-13(20)6-8-14/h5-10,12H,3-4,11H2,1-2H3,(H,21,22,24). The van der Waals surface area contributed by atoms with E-state index in [-0.39, 0.29) is 10.8 Å². The van der Waals surface area contributed by atoms with E-state index in [9.17, 15) is 13.2 Å². The highest BCUT2D eigenvalue weighted by Crippen LogP contribution is 2.29. The molecule has 0 unspecified atom stereocenters. The first-order valence-electron chi connectivity index (χ1n) is 8.77. The van der Waals surface area contributed by atoms with Crippen LogP contribution in [0.2, 0.25) is 5.02 Å². The van der Waals surface area contributed by atoms with Crippen molar-refractivity contribution in [3.8, 4) is 0 Å². The Morgan fingerprint density at radius 1 is 1.21 bits per heavy atom. The molecule has 0 aliphatic rings. The fourth-order valence-corrected chi connectivity index (χ4v) is 5.37. The lowest BCUT2D eigenvalue weighted by molar-refractivity contribution is -0.116. The zero-order chi connectivity index (χ0) is 21.0. The predicted molar refractivity (Wildman–Crippen MR) is 121 cm³/mol. The second kappa shape index (κ2) is 9.44. The molecule has 0 radical (unpaired) electrons. The molecule has 0 aliphatic heterocycles. The average molecular weight is 470 g/mol. The third-order valence-electron chi connectivity index (χ3n) is 4.02. The number of fused-ring (bicyclic) bond motifs is 1. The van der Waals surface area contributed by atoms with Crippen molar-refractivity contribution in [2.75, 3.05) is 25.2 Å². The van der Waals surface area contributed by atoms with Crippen molar-refractivity contribution in [2.24, 2.45) is 0 Å². The van der Waals surface area contributed by atoms with Gasteiger partial charge in [0, 0.05) is 30.4 Å². The van der Waals surface area contributed by atoms with Crippen LogP contribution in [0, 0.1) is 0 Å². The molecule has 1 aromatic heterocycles. The molecule has 3 rings (SSSR count). The fourth-order valence-electron chi connectivity index (χ4n) is 2.47. The Hall–Kier alpha value is -1.65. The van der Waals surface area contributed by atoms with Gasteiger partial charge in [0.1, 0.15) is 0 Å². The minimum Gasteiger partial charge on any atom is -0.302 e. The highest BCUT2D eigenvalue weighted by Gasteiger charge is 2.18. The number of rotatable bonds is 8. The molecule has 0 bridgehead atoms. The van der Waals surface area contributed by atoms with Crippen molar-refractivity contribution in [2.45, 2.75) is 22.6 Å². The molecule has 1 amide bonds. The van der Waals surface area contributed by atoms with Gasteiger partial charge < -0.3 is 5.32 Å². The first-order valence-corrected chi connectivity index (χ1v) is 12.4. The minimum absolute atomic E-state index is 0.109. The number of halogens is 1. The van der Waals surface area contributed by atoms with E-state index < -0.39 is 10.0 Å². The van der Waals surface area contributed by atoms with Crippen LogP contribution in [0.15, 0.2) is 52.3 Å². The molecule has 0 spiro atoms. The number of thioether (sulfide) groups is 1. The summed E-state index contributed by atoms with van der Waals surface area (Å²) in [6.45, 7) is 0. The van der Waals surface area contributed by atoms with Gasteiger partial charge in [0.05, 0.1) is 15.1 Å². The summed E-state index contributed by atoms with van der Waals surface area (Å²) in [7, 11) is -0.529. The fraction of sp³-hybridized carbons (Fsp3) is 0.263. The summed E-state index contributed by atoms with van der Waals surface area (Å²) in [5.74, 6) is 0.711. The monoisotopic (exact) mass is 469 g/mol. The molecule has 0 aliphatic carbocycles. The molecule has 3 aromatic rings. The molecule has 1 N–H and O–H groups in total. The molecule has 154 valence electrons. The quantitative estimate of drug-likeness (QED) is 0.381. The lowest BCUT2D eigenvalue weighted by Crippen LogP contribution is -2.22.